The Hall–Kier alpha value is -1.29. The van der Waals surface area contributed by atoms with Gasteiger partial charge >= 0.3 is 0 Å². The van der Waals surface area contributed by atoms with E-state index in [4.69, 9.17) is 4.98 Å². The maximum atomic E-state index is 4.72. The maximum absolute atomic E-state index is 4.72. The summed E-state index contributed by atoms with van der Waals surface area (Å²) in [6, 6.07) is 6.30. The van der Waals surface area contributed by atoms with Crippen molar-refractivity contribution in [1.29, 1.82) is 0 Å². The number of piperidine rings is 1. The van der Waals surface area contributed by atoms with Gasteiger partial charge in [0.2, 0.25) is 0 Å². The van der Waals surface area contributed by atoms with Crippen molar-refractivity contribution in [1.82, 2.24) is 9.88 Å². The van der Waals surface area contributed by atoms with Crippen molar-refractivity contribution in [2.75, 3.05) is 49.5 Å². The number of hydrogen-bond donors (Lipinski definition) is 1. The van der Waals surface area contributed by atoms with Crippen molar-refractivity contribution < 1.29 is 0 Å². The molecule has 3 rings (SSSR count). The van der Waals surface area contributed by atoms with Gasteiger partial charge in [0.05, 0.1) is 0 Å². The number of nitrogens with zero attached hydrogens (tertiary/aromatic N) is 3. The molecule has 1 aromatic heterocycles. The molecule has 0 bridgehead atoms. The Morgan fingerprint density at radius 3 is 2.62 bits per heavy atom. The second-order valence-corrected chi connectivity index (χ2v) is 6.35. The molecule has 0 amide bonds. The first kappa shape index (κ1) is 14.6. The van der Waals surface area contributed by atoms with E-state index in [1.165, 1.54) is 45.3 Å². The Morgan fingerprint density at radius 1 is 1.14 bits per heavy atom. The van der Waals surface area contributed by atoms with Crippen LogP contribution in [0, 0.1) is 5.92 Å². The number of anilines is 2. The van der Waals surface area contributed by atoms with E-state index in [9.17, 15) is 0 Å². The summed E-state index contributed by atoms with van der Waals surface area (Å²) in [6.45, 7) is 9.31. The average Bonchev–Trinajstić information content (AvgIpc) is 3.02. The van der Waals surface area contributed by atoms with E-state index in [2.05, 4.69) is 34.2 Å². The van der Waals surface area contributed by atoms with Crippen LogP contribution in [0.4, 0.5) is 11.6 Å². The van der Waals surface area contributed by atoms with Gasteiger partial charge in [0.25, 0.3) is 0 Å². The molecule has 2 aliphatic rings. The zero-order valence-electron chi connectivity index (χ0n) is 13.2. The van der Waals surface area contributed by atoms with Gasteiger partial charge in [0.15, 0.2) is 0 Å². The summed E-state index contributed by atoms with van der Waals surface area (Å²) in [4.78, 5) is 9.82. The van der Waals surface area contributed by atoms with Gasteiger partial charge in [0.1, 0.15) is 11.6 Å². The van der Waals surface area contributed by atoms with E-state index in [0.29, 0.717) is 0 Å². The smallest absolute Gasteiger partial charge is 0.130 e. The fraction of sp³-hybridized carbons (Fsp3) is 0.706. The number of aromatic nitrogens is 1. The van der Waals surface area contributed by atoms with Crippen LogP contribution in [0.3, 0.4) is 0 Å². The van der Waals surface area contributed by atoms with E-state index in [1.54, 1.807) is 0 Å². The monoisotopic (exact) mass is 288 g/mol. The fourth-order valence-electron chi connectivity index (χ4n) is 3.55. The molecule has 3 heterocycles. The number of pyridine rings is 1. The molecule has 0 spiro atoms. The Kier molecular flexibility index (Phi) is 4.96. The molecule has 0 saturated carbocycles. The Bertz CT molecular complexity index is 434. The Morgan fingerprint density at radius 2 is 1.90 bits per heavy atom. The molecule has 4 heteroatoms. The highest BCUT2D eigenvalue weighted by molar-refractivity contribution is 5.47. The standard InChI is InChI=1S/C17H28N4/c1-2-18-16-6-5-7-17(19-16)21-12-8-15(9-13-21)14-20-10-3-4-11-20/h5-7,15H,2-4,8-14H2,1H3,(H,18,19). The highest BCUT2D eigenvalue weighted by Gasteiger charge is 2.23. The lowest BCUT2D eigenvalue weighted by Crippen LogP contribution is -2.38. The second-order valence-electron chi connectivity index (χ2n) is 6.35. The molecule has 0 aromatic carbocycles. The van der Waals surface area contributed by atoms with Crippen LogP contribution in [0.15, 0.2) is 18.2 Å². The molecule has 0 unspecified atom stereocenters. The molecule has 2 saturated heterocycles. The van der Waals surface area contributed by atoms with Crippen LogP contribution in [-0.4, -0.2) is 49.2 Å². The number of hydrogen-bond acceptors (Lipinski definition) is 4. The van der Waals surface area contributed by atoms with Gasteiger partial charge in [-0.3, -0.25) is 0 Å². The number of likely N-dealkylation sites (tertiary alicyclic amines) is 1. The second kappa shape index (κ2) is 7.12. The molecule has 2 fully saturated rings. The van der Waals surface area contributed by atoms with Gasteiger partial charge in [-0.25, -0.2) is 4.98 Å². The molecular formula is C17H28N4. The van der Waals surface area contributed by atoms with Crippen LogP contribution in [-0.2, 0) is 0 Å². The van der Waals surface area contributed by atoms with Gasteiger partial charge in [-0.15, -0.1) is 0 Å². The first-order chi connectivity index (χ1) is 10.3. The summed E-state index contributed by atoms with van der Waals surface area (Å²) in [7, 11) is 0. The van der Waals surface area contributed by atoms with Crippen molar-refractivity contribution in [3.05, 3.63) is 18.2 Å². The van der Waals surface area contributed by atoms with Crippen molar-refractivity contribution >= 4 is 11.6 Å². The van der Waals surface area contributed by atoms with E-state index < -0.39 is 0 Å². The lowest BCUT2D eigenvalue weighted by molar-refractivity contribution is 0.249. The Balaban J connectivity index is 1.51. The Labute approximate surface area is 128 Å². The topological polar surface area (TPSA) is 31.4 Å². The van der Waals surface area contributed by atoms with E-state index in [-0.39, 0.29) is 0 Å². The minimum atomic E-state index is 0.885. The van der Waals surface area contributed by atoms with Gasteiger partial charge < -0.3 is 15.1 Å². The lowest BCUT2D eigenvalue weighted by Gasteiger charge is -2.34. The third-order valence-corrected chi connectivity index (χ3v) is 4.75. The van der Waals surface area contributed by atoms with Crippen LogP contribution >= 0.6 is 0 Å². The molecule has 1 aromatic rings. The van der Waals surface area contributed by atoms with Crippen molar-refractivity contribution in [3.63, 3.8) is 0 Å². The summed E-state index contributed by atoms with van der Waals surface area (Å²) in [5, 5.41) is 3.30. The maximum Gasteiger partial charge on any atom is 0.130 e. The average molecular weight is 288 g/mol. The largest absolute Gasteiger partial charge is 0.370 e. The van der Waals surface area contributed by atoms with Crippen LogP contribution in [0.1, 0.15) is 32.6 Å². The first-order valence-electron chi connectivity index (χ1n) is 8.53. The van der Waals surface area contributed by atoms with Crippen LogP contribution in [0.25, 0.3) is 0 Å². The predicted octanol–water partition coefficient (Wildman–Crippen LogP) is 2.83. The minimum Gasteiger partial charge on any atom is -0.370 e. The summed E-state index contributed by atoms with van der Waals surface area (Å²) in [6.07, 6.45) is 5.42. The predicted molar refractivity (Wildman–Crippen MR) is 89.0 cm³/mol. The molecular weight excluding hydrogens is 260 g/mol. The van der Waals surface area contributed by atoms with Crippen molar-refractivity contribution in [2.45, 2.75) is 32.6 Å². The molecule has 4 nitrogen and oxygen atoms in total. The first-order valence-corrected chi connectivity index (χ1v) is 8.53. The van der Waals surface area contributed by atoms with E-state index in [0.717, 1.165) is 37.2 Å². The SMILES string of the molecule is CCNc1cccc(N2CCC(CN3CCCC3)CC2)n1. The fourth-order valence-corrected chi connectivity index (χ4v) is 3.55. The van der Waals surface area contributed by atoms with Crippen LogP contribution < -0.4 is 10.2 Å². The van der Waals surface area contributed by atoms with E-state index >= 15 is 0 Å². The molecule has 21 heavy (non-hydrogen) atoms. The van der Waals surface area contributed by atoms with E-state index in [1.807, 2.05) is 6.07 Å². The highest BCUT2D eigenvalue weighted by atomic mass is 15.2. The zero-order valence-corrected chi connectivity index (χ0v) is 13.2. The molecule has 2 aliphatic heterocycles. The van der Waals surface area contributed by atoms with Gasteiger partial charge in [0, 0.05) is 26.2 Å². The zero-order chi connectivity index (χ0) is 14.5. The summed E-state index contributed by atoms with van der Waals surface area (Å²) in [5.74, 6) is 3.01. The quantitative estimate of drug-likeness (QED) is 0.903. The number of rotatable bonds is 5. The van der Waals surface area contributed by atoms with Crippen LogP contribution in [0.2, 0.25) is 0 Å². The van der Waals surface area contributed by atoms with Crippen molar-refractivity contribution in [3.8, 4) is 0 Å². The molecule has 1 N–H and O–H groups in total. The third-order valence-electron chi connectivity index (χ3n) is 4.75. The summed E-state index contributed by atoms with van der Waals surface area (Å²) >= 11 is 0. The summed E-state index contributed by atoms with van der Waals surface area (Å²) in [5.41, 5.74) is 0. The van der Waals surface area contributed by atoms with Crippen LogP contribution in [0.5, 0.6) is 0 Å². The normalized spacial score (nSPS) is 20.9. The van der Waals surface area contributed by atoms with Crippen molar-refractivity contribution in [2.24, 2.45) is 5.92 Å². The molecule has 0 radical (unpaired) electrons. The van der Waals surface area contributed by atoms with Gasteiger partial charge in [-0.05, 0) is 63.7 Å². The van der Waals surface area contributed by atoms with Gasteiger partial charge in [-0.2, -0.15) is 0 Å². The number of nitrogens with one attached hydrogen (secondary N) is 1. The highest BCUT2D eigenvalue weighted by Crippen LogP contribution is 2.24. The summed E-state index contributed by atoms with van der Waals surface area (Å²) < 4.78 is 0. The molecule has 0 atom stereocenters. The third kappa shape index (κ3) is 3.88. The minimum absolute atomic E-state index is 0.885. The van der Waals surface area contributed by atoms with Gasteiger partial charge in [-0.1, -0.05) is 6.07 Å². The molecule has 116 valence electrons. The molecule has 0 aliphatic carbocycles. The lowest BCUT2D eigenvalue weighted by atomic mass is 9.96.